The number of benzene rings is 1. The molecule has 0 aromatic heterocycles. The van der Waals surface area contributed by atoms with Crippen molar-refractivity contribution in [2.24, 2.45) is 11.1 Å². The Morgan fingerprint density at radius 2 is 2.16 bits per heavy atom. The molecule has 19 heavy (non-hydrogen) atoms. The molecule has 0 spiro atoms. The quantitative estimate of drug-likeness (QED) is 0.880. The second-order valence-electron chi connectivity index (χ2n) is 5.99. The standard InChI is InChI=1S/C15H21FN2O/c1-15(2)8-4-3-5-13(15)18-10-6-7-12(16)11(9-10)14(17)19/h6-7,9,13,18H,3-5,8H2,1-2H3,(H2,17,19). The number of nitrogens with two attached hydrogens (primary N) is 1. The molecule has 1 atom stereocenters. The molecular formula is C15H21FN2O. The minimum atomic E-state index is -0.732. The van der Waals surface area contributed by atoms with Gasteiger partial charge in [0.1, 0.15) is 5.82 Å². The molecule has 2 rings (SSSR count). The van der Waals surface area contributed by atoms with Gasteiger partial charge in [-0.1, -0.05) is 26.7 Å². The Morgan fingerprint density at radius 1 is 1.42 bits per heavy atom. The summed E-state index contributed by atoms with van der Waals surface area (Å²) in [5.41, 5.74) is 6.07. The van der Waals surface area contributed by atoms with Crippen LogP contribution in [0.2, 0.25) is 0 Å². The maximum absolute atomic E-state index is 13.4. The van der Waals surface area contributed by atoms with Crippen molar-refractivity contribution >= 4 is 11.6 Å². The molecule has 0 aliphatic heterocycles. The minimum absolute atomic E-state index is 0.0568. The number of primary amides is 1. The molecule has 0 radical (unpaired) electrons. The Morgan fingerprint density at radius 3 is 2.79 bits per heavy atom. The van der Waals surface area contributed by atoms with E-state index in [0.29, 0.717) is 6.04 Å². The molecule has 3 nitrogen and oxygen atoms in total. The molecule has 1 aliphatic carbocycles. The second-order valence-corrected chi connectivity index (χ2v) is 5.99. The Hall–Kier alpha value is -1.58. The Balaban J connectivity index is 2.19. The fraction of sp³-hybridized carbons (Fsp3) is 0.533. The highest BCUT2D eigenvalue weighted by Gasteiger charge is 2.32. The van der Waals surface area contributed by atoms with Crippen LogP contribution in [0.3, 0.4) is 0 Å². The normalized spacial score (nSPS) is 21.9. The van der Waals surface area contributed by atoms with Crippen LogP contribution in [0.15, 0.2) is 18.2 Å². The molecule has 0 bridgehead atoms. The summed E-state index contributed by atoms with van der Waals surface area (Å²) in [5, 5.41) is 3.42. The Bertz CT molecular complexity index is 485. The van der Waals surface area contributed by atoms with Gasteiger partial charge in [0.25, 0.3) is 5.91 Å². The third-order valence-electron chi connectivity index (χ3n) is 4.08. The van der Waals surface area contributed by atoms with Crippen LogP contribution in [0.5, 0.6) is 0 Å². The molecule has 1 amide bonds. The zero-order valence-corrected chi connectivity index (χ0v) is 11.5. The number of carbonyl (C=O) groups excluding carboxylic acids is 1. The lowest BCUT2D eigenvalue weighted by molar-refractivity contribution is 0.0996. The van der Waals surface area contributed by atoms with E-state index in [0.717, 1.165) is 12.1 Å². The topological polar surface area (TPSA) is 55.1 Å². The molecule has 1 saturated carbocycles. The summed E-state index contributed by atoms with van der Waals surface area (Å²) in [6.45, 7) is 4.48. The van der Waals surface area contributed by atoms with Crippen LogP contribution in [0.4, 0.5) is 10.1 Å². The van der Waals surface area contributed by atoms with E-state index in [2.05, 4.69) is 19.2 Å². The average Bonchev–Trinajstić information content (AvgIpc) is 2.33. The third kappa shape index (κ3) is 3.06. The first kappa shape index (κ1) is 13.8. The van der Waals surface area contributed by atoms with Gasteiger partial charge < -0.3 is 11.1 Å². The van der Waals surface area contributed by atoms with E-state index in [1.54, 1.807) is 6.07 Å². The van der Waals surface area contributed by atoms with Crippen molar-refractivity contribution in [1.82, 2.24) is 0 Å². The summed E-state index contributed by atoms with van der Waals surface area (Å²) in [5.74, 6) is -1.30. The zero-order chi connectivity index (χ0) is 14.0. The summed E-state index contributed by atoms with van der Waals surface area (Å²) in [7, 11) is 0. The summed E-state index contributed by atoms with van der Waals surface area (Å²) < 4.78 is 13.4. The maximum Gasteiger partial charge on any atom is 0.251 e. The van der Waals surface area contributed by atoms with Crippen molar-refractivity contribution in [3.05, 3.63) is 29.6 Å². The fourth-order valence-electron chi connectivity index (χ4n) is 2.77. The molecule has 1 fully saturated rings. The molecule has 3 N–H and O–H groups in total. The van der Waals surface area contributed by atoms with Crippen LogP contribution < -0.4 is 11.1 Å². The second kappa shape index (κ2) is 5.19. The first-order valence-electron chi connectivity index (χ1n) is 6.76. The number of anilines is 1. The smallest absolute Gasteiger partial charge is 0.251 e. The van der Waals surface area contributed by atoms with Gasteiger partial charge >= 0.3 is 0 Å². The van der Waals surface area contributed by atoms with Crippen LogP contribution >= 0.6 is 0 Å². The lowest BCUT2D eigenvalue weighted by Crippen LogP contribution is -2.38. The number of amides is 1. The zero-order valence-electron chi connectivity index (χ0n) is 11.5. The number of hydrogen-bond donors (Lipinski definition) is 2. The van der Waals surface area contributed by atoms with E-state index in [1.807, 2.05) is 0 Å². The van der Waals surface area contributed by atoms with Gasteiger partial charge in [-0.3, -0.25) is 4.79 Å². The number of rotatable bonds is 3. The van der Waals surface area contributed by atoms with E-state index < -0.39 is 11.7 Å². The van der Waals surface area contributed by atoms with Crippen molar-refractivity contribution in [1.29, 1.82) is 0 Å². The molecule has 1 unspecified atom stereocenters. The van der Waals surface area contributed by atoms with Crippen molar-refractivity contribution in [2.75, 3.05) is 5.32 Å². The summed E-state index contributed by atoms with van der Waals surface area (Å²) >= 11 is 0. The molecule has 4 heteroatoms. The number of carbonyl (C=O) groups is 1. The summed E-state index contributed by atoms with van der Waals surface area (Å²) in [6.07, 6.45) is 4.72. The molecule has 0 saturated heterocycles. The van der Waals surface area contributed by atoms with Gasteiger partial charge in [-0.2, -0.15) is 0 Å². The van der Waals surface area contributed by atoms with E-state index in [-0.39, 0.29) is 11.0 Å². The van der Waals surface area contributed by atoms with Crippen molar-refractivity contribution in [3.63, 3.8) is 0 Å². The summed E-state index contributed by atoms with van der Waals surface area (Å²) in [4.78, 5) is 11.1. The fourth-order valence-corrected chi connectivity index (χ4v) is 2.77. The highest BCUT2D eigenvalue weighted by molar-refractivity contribution is 5.94. The third-order valence-corrected chi connectivity index (χ3v) is 4.08. The lowest BCUT2D eigenvalue weighted by atomic mass is 9.73. The van der Waals surface area contributed by atoms with Crippen molar-refractivity contribution in [2.45, 2.75) is 45.6 Å². The number of halogens is 1. The highest BCUT2D eigenvalue weighted by atomic mass is 19.1. The maximum atomic E-state index is 13.4. The molecule has 1 aromatic carbocycles. The van der Waals surface area contributed by atoms with E-state index in [4.69, 9.17) is 5.73 Å². The lowest BCUT2D eigenvalue weighted by Gasteiger charge is -2.39. The van der Waals surface area contributed by atoms with E-state index >= 15 is 0 Å². The Labute approximate surface area is 113 Å². The first-order chi connectivity index (χ1) is 8.90. The van der Waals surface area contributed by atoms with Gasteiger partial charge in [0.2, 0.25) is 0 Å². The SMILES string of the molecule is CC1(C)CCCCC1Nc1ccc(F)c(C(N)=O)c1. The van der Waals surface area contributed by atoms with Gasteiger partial charge in [-0.25, -0.2) is 4.39 Å². The van der Waals surface area contributed by atoms with E-state index in [9.17, 15) is 9.18 Å². The molecule has 0 heterocycles. The number of hydrogen-bond acceptors (Lipinski definition) is 2. The predicted octanol–water partition coefficient (Wildman–Crippen LogP) is 3.31. The van der Waals surface area contributed by atoms with Crippen LogP contribution in [0.25, 0.3) is 0 Å². The first-order valence-corrected chi connectivity index (χ1v) is 6.76. The largest absolute Gasteiger partial charge is 0.382 e. The van der Waals surface area contributed by atoms with Crippen molar-refractivity contribution in [3.8, 4) is 0 Å². The number of nitrogens with one attached hydrogen (secondary N) is 1. The van der Waals surface area contributed by atoms with Gasteiger partial charge in [0.15, 0.2) is 0 Å². The summed E-state index contributed by atoms with van der Waals surface area (Å²) in [6, 6.07) is 4.79. The van der Waals surface area contributed by atoms with Crippen LogP contribution in [0, 0.1) is 11.2 Å². The average molecular weight is 264 g/mol. The predicted molar refractivity (Wildman–Crippen MR) is 74.6 cm³/mol. The van der Waals surface area contributed by atoms with Gasteiger partial charge in [-0.05, 0) is 36.5 Å². The van der Waals surface area contributed by atoms with Crippen molar-refractivity contribution < 1.29 is 9.18 Å². The van der Waals surface area contributed by atoms with Gasteiger partial charge in [0, 0.05) is 11.7 Å². The molecule has 1 aromatic rings. The monoisotopic (exact) mass is 264 g/mol. The van der Waals surface area contributed by atoms with E-state index in [1.165, 1.54) is 31.4 Å². The van der Waals surface area contributed by atoms with Crippen LogP contribution in [-0.4, -0.2) is 11.9 Å². The molecule has 104 valence electrons. The van der Waals surface area contributed by atoms with Crippen LogP contribution in [-0.2, 0) is 0 Å². The van der Waals surface area contributed by atoms with Gasteiger partial charge in [0.05, 0.1) is 5.56 Å². The Kier molecular flexibility index (Phi) is 3.78. The molecular weight excluding hydrogens is 243 g/mol. The molecule has 1 aliphatic rings. The highest BCUT2D eigenvalue weighted by Crippen LogP contribution is 2.37. The van der Waals surface area contributed by atoms with Gasteiger partial charge in [-0.15, -0.1) is 0 Å². The minimum Gasteiger partial charge on any atom is -0.382 e. The van der Waals surface area contributed by atoms with Crippen LogP contribution in [0.1, 0.15) is 49.9 Å².